The van der Waals surface area contributed by atoms with Gasteiger partial charge in [-0.15, -0.1) is 0 Å². The van der Waals surface area contributed by atoms with Crippen LogP contribution in [0.5, 0.6) is 0 Å². The van der Waals surface area contributed by atoms with Gasteiger partial charge in [0.1, 0.15) is 0 Å². The highest BCUT2D eigenvalue weighted by molar-refractivity contribution is 5.76. The van der Waals surface area contributed by atoms with Gasteiger partial charge in [0.05, 0.1) is 19.6 Å². The van der Waals surface area contributed by atoms with Gasteiger partial charge in [-0.25, -0.2) is 0 Å². The lowest BCUT2D eigenvalue weighted by atomic mass is 10.0. The zero-order valence-electron chi connectivity index (χ0n) is 13.1. The third-order valence-electron chi connectivity index (χ3n) is 4.20. The van der Waals surface area contributed by atoms with Crippen LogP contribution in [0.25, 0.3) is 0 Å². The number of piperidine rings is 1. The Morgan fingerprint density at radius 2 is 1.95 bits per heavy atom. The maximum atomic E-state index is 12.2. The number of rotatable bonds is 6. The normalized spacial score (nSPS) is 16.9. The largest absolute Gasteiger partial charge is 0.376 e. The minimum Gasteiger partial charge on any atom is -0.376 e. The number of benzene rings is 1. The smallest absolute Gasteiger partial charge is 0.224 e. The van der Waals surface area contributed by atoms with E-state index in [1.807, 2.05) is 42.3 Å². The molecule has 0 atom stereocenters. The Morgan fingerprint density at radius 1 is 1.29 bits per heavy atom. The molecular weight excluding hydrogens is 264 g/mol. The summed E-state index contributed by atoms with van der Waals surface area (Å²) in [5, 5.41) is 0. The monoisotopic (exact) mass is 290 g/mol. The summed E-state index contributed by atoms with van der Waals surface area (Å²) in [6, 6.07) is 10.4. The highest BCUT2D eigenvalue weighted by Crippen LogP contribution is 2.15. The third kappa shape index (κ3) is 5.14. The van der Waals surface area contributed by atoms with Crippen molar-refractivity contribution in [1.29, 1.82) is 0 Å². The van der Waals surface area contributed by atoms with E-state index in [0.717, 1.165) is 31.5 Å². The number of likely N-dealkylation sites (tertiary alicyclic amines) is 1. The van der Waals surface area contributed by atoms with Crippen LogP contribution in [0.2, 0.25) is 0 Å². The van der Waals surface area contributed by atoms with Crippen LogP contribution in [-0.2, 0) is 16.1 Å². The molecule has 21 heavy (non-hydrogen) atoms. The molecule has 4 nitrogen and oxygen atoms in total. The second-order valence-electron chi connectivity index (χ2n) is 5.83. The fraction of sp³-hybridized carbons (Fsp3) is 0.588. The van der Waals surface area contributed by atoms with Crippen molar-refractivity contribution in [2.75, 3.05) is 33.8 Å². The van der Waals surface area contributed by atoms with E-state index in [2.05, 4.69) is 11.9 Å². The van der Waals surface area contributed by atoms with Crippen LogP contribution in [-0.4, -0.2) is 55.5 Å². The Kier molecular flexibility index (Phi) is 6.21. The highest BCUT2D eigenvalue weighted by atomic mass is 16.5. The van der Waals surface area contributed by atoms with Crippen molar-refractivity contribution in [3.05, 3.63) is 35.9 Å². The fourth-order valence-corrected chi connectivity index (χ4v) is 2.69. The maximum Gasteiger partial charge on any atom is 0.224 e. The predicted molar refractivity (Wildman–Crippen MR) is 84.0 cm³/mol. The van der Waals surface area contributed by atoms with Crippen LogP contribution in [0.4, 0.5) is 0 Å². The highest BCUT2D eigenvalue weighted by Gasteiger charge is 2.23. The molecule has 0 saturated carbocycles. The topological polar surface area (TPSA) is 32.8 Å². The molecule has 1 heterocycles. The molecule has 0 spiro atoms. The summed E-state index contributed by atoms with van der Waals surface area (Å²) < 4.78 is 5.59. The SMILES string of the molecule is CN1CCC(N(C)C(=O)CCOCc2ccccc2)CC1. The van der Waals surface area contributed by atoms with Crippen LogP contribution in [0.3, 0.4) is 0 Å². The Bertz CT molecular complexity index is 428. The summed E-state index contributed by atoms with van der Waals surface area (Å²) in [5.74, 6) is 0.192. The van der Waals surface area contributed by atoms with Crippen molar-refractivity contribution < 1.29 is 9.53 Å². The van der Waals surface area contributed by atoms with E-state index < -0.39 is 0 Å². The van der Waals surface area contributed by atoms with Gasteiger partial charge in [-0.3, -0.25) is 4.79 Å². The third-order valence-corrected chi connectivity index (χ3v) is 4.20. The molecule has 0 aliphatic carbocycles. The summed E-state index contributed by atoms with van der Waals surface area (Å²) in [4.78, 5) is 16.4. The van der Waals surface area contributed by atoms with Gasteiger partial charge in [0, 0.05) is 13.1 Å². The Hall–Kier alpha value is -1.39. The number of carbonyl (C=O) groups is 1. The zero-order chi connectivity index (χ0) is 15.1. The van der Waals surface area contributed by atoms with Crippen LogP contribution in [0.15, 0.2) is 30.3 Å². The quantitative estimate of drug-likeness (QED) is 0.753. The Labute approximate surface area is 127 Å². The van der Waals surface area contributed by atoms with E-state index in [1.54, 1.807) is 0 Å². The molecule has 0 bridgehead atoms. The second kappa shape index (κ2) is 8.15. The first-order chi connectivity index (χ1) is 10.2. The van der Waals surface area contributed by atoms with E-state index >= 15 is 0 Å². The van der Waals surface area contributed by atoms with Gasteiger partial charge < -0.3 is 14.5 Å². The summed E-state index contributed by atoms with van der Waals surface area (Å²) >= 11 is 0. The molecule has 1 aliphatic heterocycles. The van der Waals surface area contributed by atoms with Gasteiger partial charge in [-0.1, -0.05) is 30.3 Å². The molecule has 0 aromatic heterocycles. The van der Waals surface area contributed by atoms with Gasteiger partial charge in [0.2, 0.25) is 5.91 Å². The van der Waals surface area contributed by atoms with Crippen molar-refractivity contribution in [2.45, 2.75) is 31.9 Å². The molecule has 0 radical (unpaired) electrons. The number of ether oxygens (including phenoxy) is 1. The van der Waals surface area contributed by atoms with Crippen LogP contribution >= 0.6 is 0 Å². The van der Waals surface area contributed by atoms with Crippen LogP contribution in [0, 0.1) is 0 Å². The molecule has 2 rings (SSSR count). The lowest BCUT2D eigenvalue weighted by molar-refractivity contribution is -0.134. The Morgan fingerprint density at radius 3 is 2.62 bits per heavy atom. The van der Waals surface area contributed by atoms with E-state index in [-0.39, 0.29) is 5.91 Å². The van der Waals surface area contributed by atoms with E-state index in [4.69, 9.17) is 4.74 Å². The van der Waals surface area contributed by atoms with Gasteiger partial charge in [-0.05, 0) is 38.5 Å². The van der Waals surface area contributed by atoms with Crippen molar-refractivity contribution >= 4 is 5.91 Å². The summed E-state index contributed by atoms with van der Waals surface area (Å²) in [6.07, 6.45) is 2.61. The number of hydrogen-bond acceptors (Lipinski definition) is 3. The average molecular weight is 290 g/mol. The molecule has 1 aliphatic rings. The molecule has 1 aromatic carbocycles. The van der Waals surface area contributed by atoms with Crippen LogP contribution < -0.4 is 0 Å². The molecule has 116 valence electrons. The van der Waals surface area contributed by atoms with Crippen molar-refractivity contribution in [2.24, 2.45) is 0 Å². The number of carbonyl (C=O) groups excluding carboxylic acids is 1. The predicted octanol–water partition coefficient (Wildman–Crippen LogP) is 2.15. The minimum atomic E-state index is 0.192. The van der Waals surface area contributed by atoms with Crippen LogP contribution in [0.1, 0.15) is 24.8 Å². The van der Waals surface area contributed by atoms with Crippen molar-refractivity contribution in [3.8, 4) is 0 Å². The summed E-state index contributed by atoms with van der Waals surface area (Å²) in [6.45, 7) is 3.22. The first kappa shape index (κ1) is 16.0. The molecule has 0 N–H and O–H groups in total. The maximum absolute atomic E-state index is 12.2. The number of amides is 1. The minimum absolute atomic E-state index is 0.192. The molecule has 1 amide bonds. The zero-order valence-corrected chi connectivity index (χ0v) is 13.1. The Balaban J connectivity index is 1.64. The lowest BCUT2D eigenvalue weighted by Gasteiger charge is -2.35. The first-order valence-electron chi connectivity index (χ1n) is 7.72. The molecular formula is C17H26N2O2. The number of hydrogen-bond donors (Lipinski definition) is 0. The number of nitrogens with zero attached hydrogens (tertiary/aromatic N) is 2. The van der Waals surface area contributed by atoms with Gasteiger partial charge in [-0.2, -0.15) is 0 Å². The standard InChI is InChI=1S/C17H26N2O2/c1-18-11-8-16(9-12-18)19(2)17(20)10-13-21-14-15-6-4-3-5-7-15/h3-7,16H,8-14H2,1-2H3. The first-order valence-corrected chi connectivity index (χ1v) is 7.72. The van der Waals surface area contributed by atoms with Crippen molar-refractivity contribution in [1.82, 2.24) is 9.80 Å². The van der Waals surface area contributed by atoms with Gasteiger partial charge in [0.15, 0.2) is 0 Å². The molecule has 0 unspecified atom stereocenters. The average Bonchev–Trinajstić information content (AvgIpc) is 2.52. The summed E-state index contributed by atoms with van der Waals surface area (Å²) in [5.41, 5.74) is 1.15. The molecule has 4 heteroatoms. The molecule has 1 fully saturated rings. The van der Waals surface area contributed by atoms with E-state index in [9.17, 15) is 4.79 Å². The van der Waals surface area contributed by atoms with E-state index in [0.29, 0.717) is 25.7 Å². The second-order valence-corrected chi connectivity index (χ2v) is 5.83. The van der Waals surface area contributed by atoms with Gasteiger partial charge in [0.25, 0.3) is 0 Å². The van der Waals surface area contributed by atoms with Gasteiger partial charge >= 0.3 is 0 Å². The molecule has 1 aromatic rings. The van der Waals surface area contributed by atoms with Crippen molar-refractivity contribution in [3.63, 3.8) is 0 Å². The lowest BCUT2D eigenvalue weighted by Crippen LogP contribution is -2.44. The molecule has 1 saturated heterocycles. The van der Waals surface area contributed by atoms with E-state index in [1.165, 1.54) is 0 Å². The fourth-order valence-electron chi connectivity index (χ4n) is 2.69. The summed E-state index contributed by atoms with van der Waals surface area (Å²) in [7, 11) is 4.06.